The summed E-state index contributed by atoms with van der Waals surface area (Å²) < 4.78 is 5.35. The molecule has 6 heteroatoms. The van der Waals surface area contributed by atoms with Crippen molar-refractivity contribution in [2.75, 3.05) is 30.8 Å². The van der Waals surface area contributed by atoms with Crippen molar-refractivity contribution in [3.05, 3.63) is 60.2 Å². The van der Waals surface area contributed by atoms with Crippen molar-refractivity contribution in [2.24, 2.45) is 0 Å². The van der Waals surface area contributed by atoms with Gasteiger partial charge >= 0.3 is 6.03 Å². The summed E-state index contributed by atoms with van der Waals surface area (Å²) in [5.41, 5.74) is 2.15. The number of carbonyl (C=O) groups excluding carboxylic acids is 2. The number of methoxy groups -OCH3 is 1. The molecule has 3 rings (SSSR count). The summed E-state index contributed by atoms with van der Waals surface area (Å²) in [5.74, 6) is -0.241. The average molecular weight is 381 g/mol. The van der Waals surface area contributed by atoms with Crippen molar-refractivity contribution in [2.45, 2.75) is 31.8 Å². The summed E-state index contributed by atoms with van der Waals surface area (Å²) in [7, 11) is 1.51. The summed E-state index contributed by atoms with van der Waals surface area (Å²) >= 11 is 0. The van der Waals surface area contributed by atoms with Crippen molar-refractivity contribution in [3.8, 4) is 0 Å². The van der Waals surface area contributed by atoms with Crippen molar-refractivity contribution in [1.29, 1.82) is 0 Å². The van der Waals surface area contributed by atoms with Crippen LogP contribution in [0.25, 0.3) is 0 Å². The van der Waals surface area contributed by atoms with Crippen LogP contribution in [-0.4, -0.2) is 37.0 Å². The molecule has 1 fully saturated rings. The molecular weight excluding hydrogens is 354 g/mol. The molecule has 1 aliphatic heterocycles. The second-order valence-electron chi connectivity index (χ2n) is 6.92. The predicted octanol–water partition coefficient (Wildman–Crippen LogP) is 4.42. The van der Waals surface area contributed by atoms with E-state index in [9.17, 15) is 9.59 Å². The second-order valence-corrected chi connectivity index (χ2v) is 6.92. The van der Waals surface area contributed by atoms with Crippen LogP contribution in [0.2, 0.25) is 0 Å². The normalized spacial score (nSPS) is 15.4. The lowest BCUT2D eigenvalue weighted by Gasteiger charge is -2.21. The van der Waals surface area contributed by atoms with Crippen LogP contribution in [0.3, 0.4) is 0 Å². The van der Waals surface area contributed by atoms with E-state index >= 15 is 0 Å². The molecular formula is C22H27N3O3. The molecule has 1 aliphatic rings. The van der Waals surface area contributed by atoms with Gasteiger partial charge in [0.05, 0.1) is 0 Å². The smallest absolute Gasteiger partial charge is 0.321 e. The zero-order valence-corrected chi connectivity index (χ0v) is 16.2. The third kappa shape index (κ3) is 5.33. The highest BCUT2D eigenvalue weighted by Gasteiger charge is 2.20. The number of rotatable bonds is 5. The van der Waals surface area contributed by atoms with Crippen LogP contribution < -0.4 is 10.6 Å². The number of urea groups is 1. The zero-order valence-electron chi connectivity index (χ0n) is 16.2. The minimum Gasteiger partial charge on any atom is -0.367 e. The molecule has 0 radical (unpaired) electrons. The maximum Gasteiger partial charge on any atom is 0.321 e. The lowest BCUT2D eigenvalue weighted by molar-refractivity contribution is -0.126. The number of ether oxygens (including phenoxy) is 1. The molecule has 2 aromatic rings. The van der Waals surface area contributed by atoms with Gasteiger partial charge in [-0.1, -0.05) is 43.2 Å². The minimum atomic E-state index is -0.677. The maximum absolute atomic E-state index is 12.5. The molecule has 6 nitrogen and oxygen atoms in total. The van der Waals surface area contributed by atoms with Crippen molar-refractivity contribution >= 4 is 23.3 Å². The molecule has 0 saturated carbocycles. The summed E-state index contributed by atoms with van der Waals surface area (Å²) in [6.45, 7) is 1.61. The van der Waals surface area contributed by atoms with Gasteiger partial charge in [-0.3, -0.25) is 4.79 Å². The highest BCUT2D eigenvalue weighted by atomic mass is 16.5. The van der Waals surface area contributed by atoms with Gasteiger partial charge in [0.2, 0.25) is 0 Å². The van der Waals surface area contributed by atoms with E-state index in [1.807, 2.05) is 35.2 Å². The minimum absolute atomic E-state index is 0.0674. The van der Waals surface area contributed by atoms with E-state index in [0.717, 1.165) is 31.5 Å². The zero-order chi connectivity index (χ0) is 19.8. The Morgan fingerprint density at radius 3 is 2.00 bits per heavy atom. The Balaban J connectivity index is 1.57. The molecule has 148 valence electrons. The van der Waals surface area contributed by atoms with Crippen LogP contribution in [0, 0.1) is 0 Å². The number of anilines is 2. The van der Waals surface area contributed by atoms with Crippen LogP contribution in [0.4, 0.5) is 16.2 Å². The molecule has 0 aromatic heterocycles. The third-order valence-corrected chi connectivity index (χ3v) is 4.87. The Morgan fingerprint density at radius 1 is 0.857 bits per heavy atom. The lowest BCUT2D eigenvalue weighted by Crippen LogP contribution is -2.35. The summed E-state index contributed by atoms with van der Waals surface area (Å²) in [6, 6.07) is 16.4. The Bertz CT molecular complexity index is 769. The van der Waals surface area contributed by atoms with E-state index in [-0.39, 0.29) is 11.9 Å². The lowest BCUT2D eigenvalue weighted by atomic mass is 10.1. The molecule has 0 aliphatic carbocycles. The second kappa shape index (κ2) is 9.90. The van der Waals surface area contributed by atoms with Gasteiger partial charge in [0, 0.05) is 31.6 Å². The third-order valence-electron chi connectivity index (χ3n) is 4.87. The average Bonchev–Trinajstić information content (AvgIpc) is 3.00. The standard InChI is InChI=1S/C22H27N3O3/c1-28-20(17-9-5-4-6-10-17)21(26)23-18-11-13-19(14-12-18)24-22(27)25-15-7-2-3-8-16-25/h4-6,9-14,20H,2-3,7-8,15-16H2,1H3,(H,23,26)(H,24,27). The number of nitrogens with one attached hydrogen (secondary N) is 2. The number of carbonyl (C=O) groups is 2. The van der Waals surface area contributed by atoms with E-state index in [2.05, 4.69) is 10.6 Å². The highest BCUT2D eigenvalue weighted by molar-refractivity contribution is 5.95. The van der Waals surface area contributed by atoms with Gasteiger partial charge in [-0.15, -0.1) is 0 Å². The van der Waals surface area contributed by atoms with Crippen molar-refractivity contribution in [3.63, 3.8) is 0 Å². The quantitative estimate of drug-likeness (QED) is 0.805. The molecule has 1 saturated heterocycles. The first kappa shape index (κ1) is 19.9. The Kier molecular flexibility index (Phi) is 7.03. The van der Waals surface area contributed by atoms with E-state index in [1.54, 1.807) is 24.3 Å². The van der Waals surface area contributed by atoms with Crippen molar-refractivity contribution in [1.82, 2.24) is 4.90 Å². The Morgan fingerprint density at radius 2 is 1.43 bits per heavy atom. The van der Waals surface area contributed by atoms with Crippen LogP contribution in [0.5, 0.6) is 0 Å². The number of hydrogen-bond donors (Lipinski definition) is 2. The molecule has 1 heterocycles. The van der Waals surface area contributed by atoms with Gasteiger partial charge in [-0.2, -0.15) is 0 Å². The van der Waals surface area contributed by atoms with Gasteiger partial charge in [-0.25, -0.2) is 4.79 Å². The molecule has 0 bridgehead atoms. The molecule has 2 N–H and O–H groups in total. The predicted molar refractivity (Wildman–Crippen MR) is 110 cm³/mol. The summed E-state index contributed by atoms with van der Waals surface area (Å²) in [4.78, 5) is 26.8. The molecule has 3 amide bonds. The van der Waals surface area contributed by atoms with Crippen LogP contribution >= 0.6 is 0 Å². The number of amides is 3. The topological polar surface area (TPSA) is 70.7 Å². The fraction of sp³-hybridized carbons (Fsp3) is 0.364. The fourth-order valence-corrected chi connectivity index (χ4v) is 3.34. The first-order valence-corrected chi connectivity index (χ1v) is 9.72. The van der Waals surface area contributed by atoms with Gasteiger partial charge in [-0.05, 0) is 42.7 Å². The largest absolute Gasteiger partial charge is 0.367 e. The fourth-order valence-electron chi connectivity index (χ4n) is 3.34. The molecule has 0 spiro atoms. The number of hydrogen-bond acceptors (Lipinski definition) is 3. The van der Waals surface area contributed by atoms with Crippen LogP contribution in [-0.2, 0) is 9.53 Å². The first-order chi connectivity index (χ1) is 13.7. The van der Waals surface area contributed by atoms with Crippen molar-refractivity contribution < 1.29 is 14.3 Å². The van der Waals surface area contributed by atoms with E-state index in [0.29, 0.717) is 11.4 Å². The van der Waals surface area contributed by atoms with Gasteiger partial charge in [0.1, 0.15) is 0 Å². The number of benzene rings is 2. The van der Waals surface area contributed by atoms with Gasteiger partial charge in [0.25, 0.3) is 5.91 Å². The highest BCUT2D eigenvalue weighted by Crippen LogP contribution is 2.20. The van der Waals surface area contributed by atoms with Crippen LogP contribution in [0.15, 0.2) is 54.6 Å². The monoisotopic (exact) mass is 381 g/mol. The SMILES string of the molecule is COC(C(=O)Nc1ccc(NC(=O)N2CCCCCC2)cc1)c1ccccc1. The van der Waals surface area contributed by atoms with E-state index in [1.165, 1.54) is 20.0 Å². The van der Waals surface area contributed by atoms with E-state index < -0.39 is 6.10 Å². The molecule has 1 unspecified atom stereocenters. The maximum atomic E-state index is 12.5. The number of nitrogens with zero attached hydrogens (tertiary/aromatic N) is 1. The molecule has 2 aromatic carbocycles. The molecule has 28 heavy (non-hydrogen) atoms. The van der Waals surface area contributed by atoms with Gasteiger partial charge < -0.3 is 20.3 Å². The van der Waals surface area contributed by atoms with E-state index in [4.69, 9.17) is 4.74 Å². The summed E-state index contributed by atoms with van der Waals surface area (Å²) in [6.07, 6.45) is 3.80. The Hall–Kier alpha value is -2.86. The van der Waals surface area contributed by atoms with Gasteiger partial charge in [0.15, 0.2) is 6.10 Å². The number of likely N-dealkylation sites (tertiary alicyclic amines) is 1. The summed E-state index contributed by atoms with van der Waals surface area (Å²) in [5, 5.41) is 5.79. The van der Waals surface area contributed by atoms with Crippen LogP contribution in [0.1, 0.15) is 37.4 Å². The Labute approximate surface area is 165 Å². The molecule has 1 atom stereocenters. The first-order valence-electron chi connectivity index (χ1n) is 9.72.